The summed E-state index contributed by atoms with van der Waals surface area (Å²) < 4.78 is 0. The van der Waals surface area contributed by atoms with Gasteiger partial charge in [-0.25, -0.2) is 0 Å². The summed E-state index contributed by atoms with van der Waals surface area (Å²) in [6.45, 7) is 23.8. The average Bonchev–Trinajstić information content (AvgIpc) is 3.03. The molecule has 1 saturated carbocycles. The first-order valence-electron chi connectivity index (χ1n) is 10.1. The van der Waals surface area contributed by atoms with E-state index in [1.54, 1.807) is 0 Å². The molecule has 2 heteroatoms. The summed E-state index contributed by atoms with van der Waals surface area (Å²) in [6.07, 6.45) is 12.1. The van der Waals surface area contributed by atoms with Crippen molar-refractivity contribution in [1.29, 1.82) is 0 Å². The molecule has 0 saturated heterocycles. The van der Waals surface area contributed by atoms with Gasteiger partial charge < -0.3 is 10.2 Å². The second-order valence-electron chi connectivity index (χ2n) is 8.16. The van der Waals surface area contributed by atoms with Crippen molar-refractivity contribution in [2.45, 2.75) is 66.0 Å². The Hall–Kier alpha value is -1.70. The molecule has 146 valence electrons. The molecule has 0 radical (unpaired) electrons. The topological polar surface area (TPSA) is 15.3 Å². The van der Waals surface area contributed by atoms with Gasteiger partial charge in [-0.2, -0.15) is 0 Å². The summed E-state index contributed by atoms with van der Waals surface area (Å²) >= 11 is 0. The molecular formula is C24H40N2. The minimum Gasteiger partial charge on any atom is -0.385 e. The van der Waals surface area contributed by atoms with Gasteiger partial charge in [0.15, 0.2) is 0 Å². The van der Waals surface area contributed by atoms with Crippen molar-refractivity contribution in [2.75, 3.05) is 7.05 Å². The molecule has 1 rings (SSSR count). The summed E-state index contributed by atoms with van der Waals surface area (Å²) in [4.78, 5) is 2.36. The number of likely N-dealkylation sites (N-methyl/N-ethyl adjacent to an activating group) is 1. The van der Waals surface area contributed by atoms with Gasteiger partial charge in [-0.1, -0.05) is 64.3 Å². The van der Waals surface area contributed by atoms with Crippen LogP contribution in [0.2, 0.25) is 0 Å². The van der Waals surface area contributed by atoms with E-state index in [0.717, 1.165) is 5.70 Å². The quantitative estimate of drug-likeness (QED) is 0.478. The van der Waals surface area contributed by atoms with E-state index in [-0.39, 0.29) is 6.04 Å². The predicted molar refractivity (Wildman–Crippen MR) is 117 cm³/mol. The molecule has 0 aromatic heterocycles. The SMILES string of the molecule is C=C/C(=C\C=C/C)C1CCCC1C(=C)N(C)C(C(=C)NC(C)C)C(C)C. The van der Waals surface area contributed by atoms with Crippen molar-refractivity contribution in [2.24, 2.45) is 17.8 Å². The monoisotopic (exact) mass is 356 g/mol. The first-order valence-corrected chi connectivity index (χ1v) is 10.1. The third-order valence-electron chi connectivity index (χ3n) is 5.42. The summed E-state index contributed by atoms with van der Waals surface area (Å²) in [5.74, 6) is 1.45. The maximum absolute atomic E-state index is 4.53. The summed E-state index contributed by atoms with van der Waals surface area (Å²) in [7, 11) is 2.18. The van der Waals surface area contributed by atoms with Crippen molar-refractivity contribution in [3.8, 4) is 0 Å². The fourth-order valence-corrected chi connectivity index (χ4v) is 4.29. The Labute approximate surface area is 162 Å². The van der Waals surface area contributed by atoms with Crippen LogP contribution in [-0.2, 0) is 0 Å². The van der Waals surface area contributed by atoms with E-state index < -0.39 is 0 Å². The molecule has 0 aromatic rings. The fraction of sp³-hybridized carbons (Fsp3) is 0.583. The summed E-state index contributed by atoms with van der Waals surface area (Å²) in [6, 6.07) is 0.638. The van der Waals surface area contributed by atoms with Crippen LogP contribution in [0.5, 0.6) is 0 Å². The smallest absolute Gasteiger partial charge is 0.0698 e. The molecule has 1 N–H and O–H groups in total. The Morgan fingerprint density at radius 2 is 1.73 bits per heavy atom. The zero-order chi connectivity index (χ0) is 19.9. The van der Waals surface area contributed by atoms with E-state index in [1.807, 2.05) is 6.08 Å². The minimum atomic E-state index is 0.248. The number of hydrogen-bond acceptors (Lipinski definition) is 2. The minimum absolute atomic E-state index is 0.248. The van der Waals surface area contributed by atoms with Crippen molar-refractivity contribution in [3.63, 3.8) is 0 Å². The molecular weight excluding hydrogens is 316 g/mol. The third kappa shape index (κ3) is 5.65. The standard InChI is InChI=1S/C24H40N2/c1-10-12-14-21(11-2)23-16-13-15-22(23)20(8)26(9)24(17(3)4)19(7)25-18(5)6/h10-12,14,17-18,22-25H,2,7-8,13,15-16H2,1,3-6,9H3/b12-10-,21-14+. The van der Waals surface area contributed by atoms with Crippen LogP contribution >= 0.6 is 0 Å². The average molecular weight is 357 g/mol. The zero-order valence-corrected chi connectivity index (χ0v) is 17.9. The lowest BCUT2D eigenvalue weighted by atomic mass is 9.85. The second-order valence-corrected chi connectivity index (χ2v) is 8.16. The van der Waals surface area contributed by atoms with Crippen LogP contribution in [-0.4, -0.2) is 24.0 Å². The van der Waals surface area contributed by atoms with Gasteiger partial charge >= 0.3 is 0 Å². The molecule has 1 aliphatic rings. The molecule has 0 bridgehead atoms. The van der Waals surface area contributed by atoms with Crippen LogP contribution in [0.3, 0.4) is 0 Å². The maximum atomic E-state index is 4.53. The van der Waals surface area contributed by atoms with Crippen molar-refractivity contribution in [3.05, 3.63) is 61.0 Å². The fourth-order valence-electron chi connectivity index (χ4n) is 4.29. The number of allylic oxidation sites excluding steroid dienone is 6. The Balaban J connectivity index is 3.03. The van der Waals surface area contributed by atoms with E-state index in [0.29, 0.717) is 23.8 Å². The van der Waals surface area contributed by atoms with Crippen molar-refractivity contribution >= 4 is 0 Å². The molecule has 0 amide bonds. The molecule has 0 aromatic carbocycles. The van der Waals surface area contributed by atoms with Crippen molar-refractivity contribution < 1.29 is 0 Å². The van der Waals surface area contributed by atoms with Gasteiger partial charge in [0.1, 0.15) is 0 Å². The number of nitrogens with zero attached hydrogens (tertiary/aromatic N) is 1. The van der Waals surface area contributed by atoms with Crippen LogP contribution in [0.25, 0.3) is 0 Å². The maximum Gasteiger partial charge on any atom is 0.0698 e. The van der Waals surface area contributed by atoms with Crippen LogP contribution in [0, 0.1) is 17.8 Å². The number of hydrogen-bond donors (Lipinski definition) is 1. The van der Waals surface area contributed by atoms with Gasteiger partial charge in [0, 0.05) is 30.4 Å². The molecule has 0 spiro atoms. The van der Waals surface area contributed by atoms with Gasteiger partial charge in [0.2, 0.25) is 0 Å². The van der Waals surface area contributed by atoms with Gasteiger partial charge in [0.05, 0.1) is 6.04 Å². The summed E-state index contributed by atoms with van der Waals surface area (Å²) in [5.41, 5.74) is 3.65. The second kappa shape index (κ2) is 10.4. The van der Waals surface area contributed by atoms with Gasteiger partial charge in [-0.15, -0.1) is 0 Å². The van der Waals surface area contributed by atoms with E-state index in [4.69, 9.17) is 0 Å². The predicted octanol–water partition coefficient (Wildman–Crippen LogP) is 6.07. The van der Waals surface area contributed by atoms with Gasteiger partial charge in [0.25, 0.3) is 0 Å². The third-order valence-corrected chi connectivity index (χ3v) is 5.42. The van der Waals surface area contributed by atoms with E-state index in [1.165, 1.54) is 30.5 Å². The highest BCUT2D eigenvalue weighted by Gasteiger charge is 2.34. The highest BCUT2D eigenvalue weighted by molar-refractivity contribution is 5.29. The molecule has 3 atom stereocenters. The zero-order valence-electron chi connectivity index (χ0n) is 17.9. The Morgan fingerprint density at radius 1 is 1.12 bits per heavy atom. The molecule has 2 nitrogen and oxygen atoms in total. The lowest BCUT2D eigenvalue weighted by molar-refractivity contribution is 0.230. The normalized spacial score (nSPS) is 22.1. The molecule has 1 fully saturated rings. The molecule has 3 unspecified atom stereocenters. The van der Waals surface area contributed by atoms with Gasteiger partial charge in [-0.05, 0) is 51.0 Å². The number of rotatable bonds is 10. The number of nitrogens with one attached hydrogen (secondary N) is 1. The van der Waals surface area contributed by atoms with Crippen LogP contribution in [0.15, 0.2) is 61.0 Å². The highest BCUT2D eigenvalue weighted by atomic mass is 15.2. The lowest BCUT2D eigenvalue weighted by Gasteiger charge is -2.40. The van der Waals surface area contributed by atoms with E-state index in [9.17, 15) is 0 Å². The largest absolute Gasteiger partial charge is 0.385 e. The van der Waals surface area contributed by atoms with E-state index in [2.05, 4.69) is 89.8 Å². The van der Waals surface area contributed by atoms with Crippen molar-refractivity contribution in [1.82, 2.24) is 10.2 Å². The Bertz CT molecular complexity index is 551. The molecule has 26 heavy (non-hydrogen) atoms. The molecule has 0 aliphatic heterocycles. The highest BCUT2D eigenvalue weighted by Crippen LogP contribution is 2.42. The molecule has 1 aliphatic carbocycles. The van der Waals surface area contributed by atoms with Crippen LogP contribution < -0.4 is 5.32 Å². The van der Waals surface area contributed by atoms with Gasteiger partial charge in [-0.3, -0.25) is 0 Å². The first kappa shape index (κ1) is 22.3. The first-order chi connectivity index (χ1) is 12.2. The molecule has 0 heterocycles. The summed E-state index contributed by atoms with van der Waals surface area (Å²) in [5, 5.41) is 3.51. The lowest BCUT2D eigenvalue weighted by Crippen LogP contribution is -2.43. The Kier molecular flexibility index (Phi) is 8.98. The van der Waals surface area contributed by atoms with Crippen LogP contribution in [0.4, 0.5) is 0 Å². The van der Waals surface area contributed by atoms with Crippen LogP contribution in [0.1, 0.15) is 53.9 Å². The van der Waals surface area contributed by atoms with E-state index >= 15 is 0 Å². The Morgan fingerprint density at radius 3 is 2.23 bits per heavy atom.